The minimum absolute atomic E-state index is 0.123. The Balaban J connectivity index is 1.69. The molecular weight excluding hydrogens is 277 g/mol. The molecule has 0 saturated carbocycles. The monoisotopic (exact) mass is 289 g/mol. The number of ether oxygens (including phenoxy) is 1. The number of aromatic nitrogens is 4. The van der Waals surface area contributed by atoms with Gasteiger partial charge < -0.3 is 14.5 Å². The third-order valence-electron chi connectivity index (χ3n) is 3.39. The lowest BCUT2D eigenvalue weighted by atomic mass is 10.3. The van der Waals surface area contributed by atoms with Gasteiger partial charge in [0.1, 0.15) is 12.0 Å². The van der Waals surface area contributed by atoms with Crippen molar-refractivity contribution in [2.24, 2.45) is 0 Å². The number of fused-ring (bicyclic) bond motifs is 1. The van der Waals surface area contributed by atoms with Crippen molar-refractivity contribution in [3.05, 3.63) is 36.6 Å². The molecule has 1 fully saturated rings. The number of halogens is 1. The van der Waals surface area contributed by atoms with Crippen LogP contribution >= 0.6 is 0 Å². The molecule has 3 aromatic heterocycles. The van der Waals surface area contributed by atoms with E-state index in [1.165, 1.54) is 0 Å². The molecule has 21 heavy (non-hydrogen) atoms. The van der Waals surface area contributed by atoms with Crippen LogP contribution in [0.2, 0.25) is 0 Å². The SMILES string of the molecule is Fc1nc(NCc2ccco2)c2ncn(C3CCO3)c2n1. The maximum absolute atomic E-state index is 13.6. The highest BCUT2D eigenvalue weighted by Crippen LogP contribution is 2.28. The van der Waals surface area contributed by atoms with E-state index in [4.69, 9.17) is 9.15 Å². The molecule has 0 aliphatic carbocycles. The van der Waals surface area contributed by atoms with Gasteiger partial charge in [-0.2, -0.15) is 14.4 Å². The largest absolute Gasteiger partial charge is 0.467 e. The third-order valence-corrected chi connectivity index (χ3v) is 3.39. The van der Waals surface area contributed by atoms with Gasteiger partial charge in [0.15, 0.2) is 17.0 Å². The third kappa shape index (κ3) is 2.13. The number of nitrogens with one attached hydrogen (secondary N) is 1. The van der Waals surface area contributed by atoms with Crippen LogP contribution in [0.3, 0.4) is 0 Å². The Morgan fingerprint density at radius 2 is 2.33 bits per heavy atom. The Bertz CT molecular complexity index is 766. The fourth-order valence-corrected chi connectivity index (χ4v) is 2.25. The van der Waals surface area contributed by atoms with Gasteiger partial charge in [0.05, 0.1) is 25.7 Å². The topological polar surface area (TPSA) is 78.0 Å². The summed E-state index contributed by atoms with van der Waals surface area (Å²) >= 11 is 0. The molecule has 3 aromatic rings. The van der Waals surface area contributed by atoms with Gasteiger partial charge >= 0.3 is 6.08 Å². The summed E-state index contributed by atoms with van der Waals surface area (Å²) in [4.78, 5) is 11.9. The second-order valence-electron chi connectivity index (χ2n) is 4.71. The Morgan fingerprint density at radius 3 is 3.05 bits per heavy atom. The highest BCUT2D eigenvalue weighted by atomic mass is 19.1. The first-order valence-electron chi connectivity index (χ1n) is 6.59. The first-order chi connectivity index (χ1) is 10.3. The van der Waals surface area contributed by atoms with Crippen LogP contribution in [0.1, 0.15) is 18.4 Å². The summed E-state index contributed by atoms with van der Waals surface area (Å²) in [5, 5.41) is 3.02. The van der Waals surface area contributed by atoms with Gasteiger partial charge in [0, 0.05) is 6.42 Å². The smallest absolute Gasteiger partial charge is 0.312 e. The molecule has 108 valence electrons. The standard InChI is InChI=1S/C13H12FN5O2/c14-13-17-11(15-6-8-2-1-4-20-8)10-12(18-13)19(7-16-10)9-3-5-21-9/h1-2,4,7,9H,3,5-6H2,(H,15,17,18). The van der Waals surface area contributed by atoms with Crippen molar-refractivity contribution >= 4 is 17.0 Å². The Labute approximate surface area is 118 Å². The fraction of sp³-hybridized carbons (Fsp3) is 0.308. The van der Waals surface area contributed by atoms with Crippen LogP contribution in [0.5, 0.6) is 0 Å². The van der Waals surface area contributed by atoms with Crippen molar-refractivity contribution in [1.29, 1.82) is 0 Å². The zero-order valence-electron chi connectivity index (χ0n) is 11.0. The lowest BCUT2D eigenvalue weighted by molar-refractivity contribution is -0.0974. The molecule has 4 heterocycles. The van der Waals surface area contributed by atoms with E-state index in [0.717, 1.165) is 12.2 Å². The van der Waals surface area contributed by atoms with Crippen molar-refractivity contribution in [3.63, 3.8) is 0 Å². The van der Waals surface area contributed by atoms with Crippen molar-refractivity contribution in [3.8, 4) is 0 Å². The molecule has 4 rings (SSSR count). The minimum atomic E-state index is -0.800. The van der Waals surface area contributed by atoms with Crippen molar-refractivity contribution in [2.45, 2.75) is 19.2 Å². The van der Waals surface area contributed by atoms with Crippen LogP contribution in [0.15, 0.2) is 29.1 Å². The summed E-state index contributed by atoms with van der Waals surface area (Å²) in [6.45, 7) is 1.09. The maximum Gasteiger partial charge on any atom is 0.312 e. The van der Waals surface area contributed by atoms with Gasteiger partial charge in [0.25, 0.3) is 0 Å². The van der Waals surface area contributed by atoms with Crippen LogP contribution in [0, 0.1) is 6.08 Å². The van der Waals surface area contributed by atoms with Gasteiger partial charge in [-0.25, -0.2) is 4.98 Å². The minimum Gasteiger partial charge on any atom is -0.467 e. The van der Waals surface area contributed by atoms with Crippen LogP contribution < -0.4 is 5.32 Å². The van der Waals surface area contributed by atoms with Crippen LogP contribution in [0.25, 0.3) is 11.2 Å². The predicted octanol–water partition coefficient (Wildman–Crippen LogP) is 2.09. The van der Waals surface area contributed by atoms with Gasteiger partial charge in [-0.1, -0.05) is 0 Å². The van der Waals surface area contributed by atoms with E-state index < -0.39 is 6.08 Å². The molecule has 0 radical (unpaired) electrons. The predicted molar refractivity (Wildman–Crippen MR) is 70.9 cm³/mol. The van der Waals surface area contributed by atoms with Crippen LogP contribution in [-0.2, 0) is 11.3 Å². The van der Waals surface area contributed by atoms with E-state index in [1.54, 1.807) is 23.2 Å². The number of hydrogen-bond acceptors (Lipinski definition) is 6. The normalized spacial score (nSPS) is 17.9. The van der Waals surface area contributed by atoms with Crippen molar-refractivity contribution in [1.82, 2.24) is 19.5 Å². The first kappa shape index (κ1) is 12.3. The number of anilines is 1. The van der Waals surface area contributed by atoms with Crippen molar-refractivity contribution in [2.75, 3.05) is 11.9 Å². The summed E-state index contributed by atoms with van der Waals surface area (Å²) in [5.41, 5.74) is 0.938. The highest BCUT2D eigenvalue weighted by Gasteiger charge is 2.24. The quantitative estimate of drug-likeness (QED) is 0.741. The first-order valence-corrected chi connectivity index (χ1v) is 6.59. The molecule has 1 unspecified atom stereocenters. The van der Waals surface area contributed by atoms with E-state index in [2.05, 4.69) is 20.3 Å². The van der Waals surface area contributed by atoms with E-state index in [0.29, 0.717) is 30.1 Å². The molecule has 1 saturated heterocycles. The Morgan fingerprint density at radius 1 is 1.43 bits per heavy atom. The number of hydrogen-bond donors (Lipinski definition) is 1. The molecule has 1 aliphatic heterocycles. The van der Waals surface area contributed by atoms with Crippen LogP contribution in [-0.4, -0.2) is 26.1 Å². The van der Waals surface area contributed by atoms with Gasteiger partial charge in [-0.3, -0.25) is 4.57 Å². The van der Waals surface area contributed by atoms with E-state index in [1.807, 2.05) is 6.07 Å². The molecule has 0 spiro atoms. The van der Waals surface area contributed by atoms with Gasteiger partial charge in [-0.15, -0.1) is 0 Å². The molecule has 1 atom stereocenters. The molecule has 7 nitrogen and oxygen atoms in total. The summed E-state index contributed by atoms with van der Waals surface area (Å²) in [5.74, 6) is 1.07. The Hall–Kier alpha value is -2.48. The molecular formula is C13H12FN5O2. The molecule has 1 N–H and O–H groups in total. The van der Waals surface area contributed by atoms with E-state index >= 15 is 0 Å². The van der Waals surface area contributed by atoms with E-state index in [-0.39, 0.29) is 6.23 Å². The summed E-state index contributed by atoms with van der Waals surface area (Å²) in [6, 6.07) is 3.61. The average Bonchev–Trinajstić information content (AvgIpc) is 3.04. The molecule has 0 aromatic carbocycles. The maximum atomic E-state index is 13.6. The summed E-state index contributed by atoms with van der Waals surface area (Å²) < 4.78 is 26.0. The number of rotatable bonds is 4. The average molecular weight is 289 g/mol. The van der Waals surface area contributed by atoms with Crippen molar-refractivity contribution < 1.29 is 13.5 Å². The summed E-state index contributed by atoms with van der Waals surface area (Å²) in [6.07, 6.45) is 3.12. The second kappa shape index (κ2) is 4.81. The Kier molecular flexibility index (Phi) is 2.81. The zero-order valence-corrected chi connectivity index (χ0v) is 11.0. The fourth-order valence-electron chi connectivity index (χ4n) is 2.25. The van der Waals surface area contributed by atoms with Crippen LogP contribution in [0.4, 0.5) is 10.2 Å². The summed E-state index contributed by atoms with van der Waals surface area (Å²) in [7, 11) is 0. The highest BCUT2D eigenvalue weighted by molar-refractivity contribution is 5.82. The number of imidazole rings is 1. The van der Waals surface area contributed by atoms with Gasteiger partial charge in [0.2, 0.25) is 0 Å². The molecule has 0 bridgehead atoms. The molecule has 1 aliphatic rings. The number of nitrogens with zero attached hydrogens (tertiary/aromatic N) is 4. The lowest BCUT2D eigenvalue weighted by Crippen LogP contribution is -2.24. The molecule has 8 heteroatoms. The molecule has 0 amide bonds. The second-order valence-corrected chi connectivity index (χ2v) is 4.71. The number of furan rings is 1. The lowest BCUT2D eigenvalue weighted by Gasteiger charge is -2.27. The zero-order chi connectivity index (χ0) is 14.2. The van der Waals surface area contributed by atoms with Gasteiger partial charge in [-0.05, 0) is 12.1 Å². The van der Waals surface area contributed by atoms with E-state index in [9.17, 15) is 4.39 Å².